The van der Waals surface area contributed by atoms with Crippen LogP contribution < -0.4 is 4.90 Å². The smallest absolute Gasteiger partial charge is 0.298 e. The van der Waals surface area contributed by atoms with Crippen LogP contribution in [-0.4, -0.2) is 47.1 Å². The summed E-state index contributed by atoms with van der Waals surface area (Å²) in [6, 6.07) is 7.76. The Morgan fingerprint density at radius 1 is 1.19 bits per heavy atom. The summed E-state index contributed by atoms with van der Waals surface area (Å²) in [5.41, 5.74) is 2.75. The summed E-state index contributed by atoms with van der Waals surface area (Å²) in [6.07, 6.45) is 0. The third-order valence-corrected chi connectivity index (χ3v) is 5.50. The van der Waals surface area contributed by atoms with E-state index in [1.54, 1.807) is 11.0 Å². The van der Waals surface area contributed by atoms with Gasteiger partial charge in [0.05, 0.1) is 15.9 Å². The van der Waals surface area contributed by atoms with Crippen LogP contribution in [0.1, 0.15) is 35.7 Å². The lowest BCUT2D eigenvalue weighted by Gasteiger charge is -2.23. The first-order valence-corrected chi connectivity index (χ1v) is 9.68. The van der Waals surface area contributed by atoms with E-state index in [0.717, 1.165) is 35.4 Å². The molecule has 0 unspecified atom stereocenters. The van der Waals surface area contributed by atoms with Crippen molar-refractivity contribution in [2.45, 2.75) is 27.7 Å². The van der Waals surface area contributed by atoms with Crippen LogP contribution in [0.15, 0.2) is 28.8 Å². The minimum atomic E-state index is -0.200. The van der Waals surface area contributed by atoms with Crippen LogP contribution in [0.4, 0.5) is 5.13 Å². The highest BCUT2D eigenvalue weighted by Gasteiger charge is 2.25. The number of rotatable bonds is 7. The highest BCUT2D eigenvalue weighted by atomic mass is 32.1. The number of nitrogens with zero attached hydrogens (tertiary/aromatic N) is 4. The lowest BCUT2D eigenvalue weighted by Crippen LogP contribution is -2.38. The van der Waals surface area contributed by atoms with Crippen LogP contribution in [0.5, 0.6) is 0 Å². The van der Waals surface area contributed by atoms with Gasteiger partial charge in [0.2, 0.25) is 5.76 Å². The predicted molar refractivity (Wildman–Crippen MR) is 105 cm³/mol. The molecule has 1 aromatic carbocycles. The molecule has 138 valence electrons. The van der Waals surface area contributed by atoms with Gasteiger partial charge in [-0.2, -0.15) is 0 Å². The van der Waals surface area contributed by atoms with Crippen LogP contribution >= 0.6 is 11.3 Å². The van der Waals surface area contributed by atoms with Crippen molar-refractivity contribution in [2.24, 2.45) is 0 Å². The Hall–Kier alpha value is -2.25. The van der Waals surface area contributed by atoms with E-state index in [1.165, 1.54) is 11.3 Å². The van der Waals surface area contributed by atoms with E-state index in [9.17, 15) is 4.79 Å². The van der Waals surface area contributed by atoms with Crippen molar-refractivity contribution in [1.29, 1.82) is 0 Å². The summed E-state index contributed by atoms with van der Waals surface area (Å²) in [5, 5.41) is 4.54. The molecular formula is C19H24N4O2S. The molecule has 0 spiro atoms. The summed E-state index contributed by atoms with van der Waals surface area (Å²) in [7, 11) is 0. The molecule has 0 N–H and O–H groups in total. The number of aromatic nitrogens is 2. The van der Waals surface area contributed by atoms with Gasteiger partial charge in [0, 0.05) is 19.2 Å². The predicted octanol–water partition coefficient (Wildman–Crippen LogP) is 3.89. The molecule has 26 heavy (non-hydrogen) atoms. The number of carbonyl (C=O) groups excluding carboxylic acids is 1. The molecule has 1 amide bonds. The van der Waals surface area contributed by atoms with Crippen molar-refractivity contribution in [3.05, 3.63) is 41.3 Å². The second-order valence-electron chi connectivity index (χ2n) is 6.23. The van der Waals surface area contributed by atoms with Gasteiger partial charge in [-0.25, -0.2) is 4.98 Å². The number of hydrogen-bond donors (Lipinski definition) is 0. The van der Waals surface area contributed by atoms with E-state index in [0.29, 0.717) is 17.4 Å². The largest absolute Gasteiger partial charge is 0.351 e. The van der Waals surface area contributed by atoms with Gasteiger partial charge in [-0.05, 0) is 38.6 Å². The number of amides is 1. The molecule has 7 heteroatoms. The third kappa shape index (κ3) is 3.78. The number of thiazole rings is 1. The molecule has 0 atom stereocenters. The fraction of sp³-hybridized carbons (Fsp3) is 0.421. The van der Waals surface area contributed by atoms with Gasteiger partial charge in [-0.15, -0.1) is 0 Å². The molecule has 6 nitrogen and oxygen atoms in total. The van der Waals surface area contributed by atoms with Gasteiger partial charge >= 0.3 is 0 Å². The van der Waals surface area contributed by atoms with Gasteiger partial charge in [-0.1, -0.05) is 42.5 Å². The number of fused-ring (bicyclic) bond motifs is 1. The first kappa shape index (κ1) is 18.5. The van der Waals surface area contributed by atoms with Crippen molar-refractivity contribution in [3.63, 3.8) is 0 Å². The van der Waals surface area contributed by atoms with E-state index in [1.807, 2.05) is 32.0 Å². The summed E-state index contributed by atoms with van der Waals surface area (Å²) in [6.45, 7) is 11.3. The molecule has 3 aromatic rings. The van der Waals surface area contributed by atoms with E-state index >= 15 is 0 Å². The van der Waals surface area contributed by atoms with Crippen LogP contribution in [0.2, 0.25) is 0 Å². The zero-order valence-corrected chi connectivity index (χ0v) is 16.5. The Labute approximate surface area is 157 Å². The van der Waals surface area contributed by atoms with E-state index < -0.39 is 0 Å². The van der Waals surface area contributed by atoms with Gasteiger partial charge < -0.3 is 9.42 Å². The first-order valence-electron chi connectivity index (χ1n) is 8.87. The summed E-state index contributed by atoms with van der Waals surface area (Å²) >= 11 is 1.53. The Bertz CT molecular complexity index is 898. The number of aryl methyl sites for hydroxylation is 2. The Morgan fingerprint density at radius 2 is 1.96 bits per heavy atom. The summed E-state index contributed by atoms with van der Waals surface area (Å²) in [4.78, 5) is 21.8. The molecule has 0 aliphatic rings. The van der Waals surface area contributed by atoms with Gasteiger partial charge in [-0.3, -0.25) is 9.69 Å². The zero-order chi connectivity index (χ0) is 18.7. The van der Waals surface area contributed by atoms with Gasteiger partial charge in [0.25, 0.3) is 5.91 Å². The molecule has 0 aliphatic carbocycles. The average molecular weight is 372 g/mol. The maximum absolute atomic E-state index is 13.0. The molecule has 0 radical (unpaired) electrons. The second kappa shape index (κ2) is 7.97. The normalized spacial score (nSPS) is 11.4. The number of carbonyl (C=O) groups is 1. The average Bonchev–Trinajstić information content (AvgIpc) is 3.25. The van der Waals surface area contributed by atoms with Crippen molar-refractivity contribution in [1.82, 2.24) is 15.0 Å². The number of anilines is 1. The number of para-hydroxylation sites is 1. The number of benzene rings is 1. The van der Waals surface area contributed by atoms with E-state index in [4.69, 9.17) is 9.51 Å². The molecule has 3 rings (SSSR count). The van der Waals surface area contributed by atoms with E-state index in [-0.39, 0.29) is 11.7 Å². The van der Waals surface area contributed by atoms with E-state index in [2.05, 4.69) is 23.9 Å². The molecule has 0 aliphatic heterocycles. The van der Waals surface area contributed by atoms with Gasteiger partial charge in [0.1, 0.15) is 0 Å². The summed E-state index contributed by atoms with van der Waals surface area (Å²) in [5.74, 6) is 0.0486. The molecule has 0 bridgehead atoms. The maximum atomic E-state index is 13.0. The molecular weight excluding hydrogens is 348 g/mol. The summed E-state index contributed by atoms with van der Waals surface area (Å²) < 4.78 is 6.29. The number of likely N-dealkylation sites (N-methyl/N-ethyl adjacent to an activating group) is 1. The maximum Gasteiger partial charge on any atom is 0.298 e. The minimum Gasteiger partial charge on any atom is -0.351 e. The highest BCUT2D eigenvalue weighted by Crippen LogP contribution is 2.31. The Kier molecular flexibility index (Phi) is 5.68. The molecule has 0 fully saturated rings. The van der Waals surface area contributed by atoms with Gasteiger partial charge in [0.15, 0.2) is 5.13 Å². The van der Waals surface area contributed by atoms with Crippen LogP contribution in [0.25, 0.3) is 10.2 Å². The SMILES string of the molecule is CCN(CC)CCN(C(=O)c1cc(C)no1)c1nc2c(C)cccc2s1. The highest BCUT2D eigenvalue weighted by molar-refractivity contribution is 7.22. The van der Waals surface area contributed by atoms with Crippen molar-refractivity contribution < 1.29 is 9.32 Å². The fourth-order valence-electron chi connectivity index (χ4n) is 2.85. The van der Waals surface area contributed by atoms with Crippen molar-refractivity contribution in [2.75, 3.05) is 31.1 Å². The standard InChI is InChI=1S/C19H24N4O2S/c1-5-22(6-2)10-11-23(18(24)15-12-14(4)21-25-15)19-20-17-13(3)8-7-9-16(17)26-19/h7-9,12H,5-6,10-11H2,1-4H3. The number of hydrogen-bond acceptors (Lipinski definition) is 6. The quantitative estimate of drug-likeness (QED) is 0.630. The van der Waals surface area contributed by atoms with Crippen molar-refractivity contribution in [3.8, 4) is 0 Å². The molecule has 0 saturated heterocycles. The Balaban J connectivity index is 1.95. The van der Waals surface area contributed by atoms with Crippen LogP contribution in [0, 0.1) is 13.8 Å². The zero-order valence-electron chi connectivity index (χ0n) is 15.7. The second-order valence-corrected chi connectivity index (χ2v) is 7.24. The minimum absolute atomic E-state index is 0.200. The monoisotopic (exact) mass is 372 g/mol. The molecule has 0 saturated carbocycles. The molecule has 2 aromatic heterocycles. The lowest BCUT2D eigenvalue weighted by molar-refractivity contribution is 0.0948. The lowest BCUT2D eigenvalue weighted by atomic mass is 10.2. The first-order chi connectivity index (χ1) is 12.5. The van der Waals surface area contributed by atoms with Crippen LogP contribution in [-0.2, 0) is 0 Å². The topological polar surface area (TPSA) is 62.5 Å². The molecule has 2 heterocycles. The van der Waals surface area contributed by atoms with Crippen LogP contribution in [0.3, 0.4) is 0 Å². The fourth-order valence-corrected chi connectivity index (χ4v) is 3.92. The van der Waals surface area contributed by atoms with Crippen molar-refractivity contribution >= 4 is 32.6 Å². The third-order valence-electron chi connectivity index (χ3n) is 4.46. The Morgan fingerprint density at radius 3 is 2.58 bits per heavy atom.